The van der Waals surface area contributed by atoms with Crippen molar-refractivity contribution >= 4 is 34.8 Å². The van der Waals surface area contributed by atoms with Crippen molar-refractivity contribution < 1.29 is 0 Å². The third kappa shape index (κ3) is 2.92. The van der Waals surface area contributed by atoms with E-state index in [-0.39, 0.29) is 5.82 Å². The van der Waals surface area contributed by atoms with Gasteiger partial charge in [-0.2, -0.15) is 5.11 Å². The van der Waals surface area contributed by atoms with Crippen LogP contribution < -0.4 is 10.6 Å². The highest BCUT2D eigenvalue weighted by Crippen LogP contribution is 2.24. The highest BCUT2D eigenvalue weighted by atomic mass is 35.5. The van der Waals surface area contributed by atoms with E-state index in [2.05, 4.69) is 20.0 Å². The Morgan fingerprint density at radius 2 is 1.82 bits per heavy atom. The summed E-state index contributed by atoms with van der Waals surface area (Å²) in [5, 5.41) is 8.06. The van der Waals surface area contributed by atoms with Gasteiger partial charge < -0.3 is 5.73 Å². The number of pyridine rings is 1. The molecule has 0 saturated heterocycles. The summed E-state index contributed by atoms with van der Waals surface area (Å²) >= 11 is 5.40. The second kappa shape index (κ2) is 5.27. The van der Waals surface area contributed by atoms with Crippen LogP contribution >= 0.6 is 11.8 Å². The number of nitrogens with one attached hydrogen (secondary N) is 1. The van der Waals surface area contributed by atoms with E-state index in [1.165, 1.54) is 0 Å². The third-order valence-electron chi connectivity index (χ3n) is 2.03. The topological polar surface area (TPSA) is 75.7 Å². The molecule has 0 aliphatic heterocycles. The second-order valence-electron chi connectivity index (χ2n) is 3.23. The van der Waals surface area contributed by atoms with Gasteiger partial charge in [0.15, 0.2) is 5.82 Å². The number of benzene rings is 1. The van der Waals surface area contributed by atoms with Gasteiger partial charge in [-0.25, -0.2) is 4.98 Å². The average Bonchev–Trinajstić information content (AvgIpc) is 2.38. The van der Waals surface area contributed by atoms with Gasteiger partial charge in [0.2, 0.25) is 0 Å². The summed E-state index contributed by atoms with van der Waals surface area (Å²) in [4.78, 5) is 6.36. The van der Waals surface area contributed by atoms with E-state index >= 15 is 0 Å². The van der Waals surface area contributed by atoms with E-state index in [0.717, 1.165) is 5.69 Å². The third-order valence-corrected chi connectivity index (χ3v) is 2.22. The minimum absolute atomic E-state index is 0.273. The summed E-state index contributed by atoms with van der Waals surface area (Å²) in [6.45, 7) is 0. The Hall–Kier alpha value is -2.14. The van der Waals surface area contributed by atoms with Gasteiger partial charge in [0.1, 0.15) is 11.5 Å². The van der Waals surface area contributed by atoms with Gasteiger partial charge in [-0.3, -0.25) is 4.84 Å². The lowest BCUT2D eigenvalue weighted by molar-refractivity contribution is 1.21. The Labute approximate surface area is 103 Å². The van der Waals surface area contributed by atoms with Gasteiger partial charge in [-0.15, -0.1) is 5.11 Å². The molecular weight excluding hydrogens is 238 g/mol. The predicted molar refractivity (Wildman–Crippen MR) is 68.7 cm³/mol. The minimum Gasteiger partial charge on any atom is -0.382 e. The Kier molecular flexibility index (Phi) is 3.52. The molecule has 0 radical (unpaired) electrons. The van der Waals surface area contributed by atoms with Gasteiger partial charge in [-0.1, -0.05) is 18.2 Å². The van der Waals surface area contributed by atoms with Crippen LogP contribution in [0, 0.1) is 0 Å². The number of nitrogens with zero attached hydrogens (tertiary/aromatic N) is 3. The van der Waals surface area contributed by atoms with Crippen molar-refractivity contribution in [3.8, 4) is 0 Å². The maximum Gasteiger partial charge on any atom is 0.153 e. The molecule has 5 nitrogen and oxygen atoms in total. The molecule has 0 saturated carbocycles. The van der Waals surface area contributed by atoms with E-state index in [1.54, 1.807) is 12.1 Å². The molecule has 1 heterocycles. The lowest BCUT2D eigenvalue weighted by atomic mass is 10.3. The molecule has 0 aliphatic carbocycles. The second-order valence-corrected chi connectivity index (χ2v) is 3.42. The van der Waals surface area contributed by atoms with Crippen LogP contribution in [0.3, 0.4) is 0 Å². The van der Waals surface area contributed by atoms with Crippen molar-refractivity contribution in [2.75, 3.05) is 10.6 Å². The number of hydrogen-bond acceptors (Lipinski definition) is 5. The summed E-state index contributed by atoms with van der Waals surface area (Å²) < 4.78 is 0. The van der Waals surface area contributed by atoms with Gasteiger partial charge in [0, 0.05) is 11.8 Å². The number of anilines is 2. The van der Waals surface area contributed by atoms with Crippen LogP contribution in [0.1, 0.15) is 0 Å². The summed E-state index contributed by atoms with van der Waals surface area (Å²) in [5.41, 5.74) is 6.96. The molecule has 1 aromatic heterocycles. The molecule has 1 aromatic carbocycles. The summed E-state index contributed by atoms with van der Waals surface area (Å²) in [5.74, 6) is 0.748. The van der Waals surface area contributed by atoms with Gasteiger partial charge in [0.25, 0.3) is 0 Å². The molecule has 0 unspecified atom stereocenters. The lowest BCUT2D eigenvalue weighted by Gasteiger charge is -2.00. The number of aromatic nitrogens is 1. The van der Waals surface area contributed by atoms with Crippen LogP contribution in [0.2, 0.25) is 0 Å². The van der Waals surface area contributed by atoms with Crippen LogP contribution in [-0.2, 0) is 0 Å². The Bertz CT molecular complexity index is 527. The first kappa shape index (κ1) is 11.3. The van der Waals surface area contributed by atoms with E-state index in [9.17, 15) is 0 Å². The number of rotatable bonds is 3. The SMILES string of the molecule is Nc1nc(NCl)ccc1N=Nc1ccccc1. The molecule has 2 rings (SSSR count). The van der Waals surface area contributed by atoms with Gasteiger partial charge in [-0.05, 0) is 24.3 Å². The normalized spacial score (nSPS) is 10.6. The van der Waals surface area contributed by atoms with Crippen molar-refractivity contribution in [2.45, 2.75) is 0 Å². The molecule has 0 atom stereocenters. The number of azo groups is 1. The van der Waals surface area contributed by atoms with Crippen LogP contribution in [-0.4, -0.2) is 4.98 Å². The molecule has 0 spiro atoms. The Morgan fingerprint density at radius 1 is 1.06 bits per heavy atom. The quantitative estimate of drug-likeness (QED) is 0.642. The van der Waals surface area contributed by atoms with E-state index < -0.39 is 0 Å². The Morgan fingerprint density at radius 3 is 2.47 bits per heavy atom. The molecule has 6 heteroatoms. The van der Waals surface area contributed by atoms with Crippen molar-refractivity contribution in [3.63, 3.8) is 0 Å². The van der Waals surface area contributed by atoms with Gasteiger partial charge in [0.05, 0.1) is 5.69 Å². The standard InChI is InChI=1S/C11H10ClN5/c12-15-10-7-6-9(11(13)14-10)17-16-8-4-2-1-3-5-8/h1-7H,(H3,13,14,15). The van der Waals surface area contributed by atoms with Crippen molar-refractivity contribution in [1.29, 1.82) is 0 Å². The first-order valence-electron chi connectivity index (χ1n) is 4.89. The summed E-state index contributed by atoms with van der Waals surface area (Å²) in [6.07, 6.45) is 0. The fourth-order valence-corrected chi connectivity index (χ4v) is 1.32. The fourth-order valence-electron chi connectivity index (χ4n) is 1.21. The summed E-state index contributed by atoms with van der Waals surface area (Å²) in [7, 11) is 0. The number of halogens is 1. The molecule has 0 amide bonds. The molecule has 0 bridgehead atoms. The van der Waals surface area contributed by atoms with Gasteiger partial charge >= 0.3 is 0 Å². The number of nitrogens with two attached hydrogens (primary N) is 1. The predicted octanol–water partition coefficient (Wildman–Crippen LogP) is 3.64. The maximum absolute atomic E-state index is 5.70. The highest BCUT2D eigenvalue weighted by Gasteiger charge is 2.00. The minimum atomic E-state index is 0.273. The first-order chi connectivity index (χ1) is 8.29. The van der Waals surface area contributed by atoms with Crippen molar-refractivity contribution in [3.05, 3.63) is 42.5 Å². The van der Waals surface area contributed by atoms with Crippen LogP contribution in [0.4, 0.5) is 23.0 Å². The van der Waals surface area contributed by atoms with E-state index in [0.29, 0.717) is 11.5 Å². The molecule has 0 fully saturated rings. The zero-order valence-corrected chi connectivity index (χ0v) is 9.59. The zero-order chi connectivity index (χ0) is 12.1. The molecule has 17 heavy (non-hydrogen) atoms. The molecule has 2 aromatic rings. The average molecular weight is 248 g/mol. The van der Waals surface area contributed by atoms with E-state index in [1.807, 2.05) is 30.3 Å². The Balaban J connectivity index is 2.22. The maximum atomic E-state index is 5.70. The molecule has 86 valence electrons. The van der Waals surface area contributed by atoms with Crippen LogP contribution in [0.5, 0.6) is 0 Å². The lowest BCUT2D eigenvalue weighted by Crippen LogP contribution is -1.93. The summed E-state index contributed by atoms with van der Waals surface area (Å²) in [6, 6.07) is 12.7. The monoisotopic (exact) mass is 247 g/mol. The first-order valence-corrected chi connectivity index (χ1v) is 5.27. The van der Waals surface area contributed by atoms with Crippen molar-refractivity contribution in [1.82, 2.24) is 4.98 Å². The largest absolute Gasteiger partial charge is 0.382 e. The fraction of sp³-hybridized carbons (Fsp3) is 0. The smallest absolute Gasteiger partial charge is 0.153 e. The highest BCUT2D eigenvalue weighted by molar-refractivity contribution is 6.23. The van der Waals surface area contributed by atoms with Crippen molar-refractivity contribution in [2.24, 2.45) is 10.2 Å². The number of hydrogen-bond donors (Lipinski definition) is 2. The van der Waals surface area contributed by atoms with Crippen LogP contribution in [0.25, 0.3) is 0 Å². The molecule has 3 N–H and O–H groups in total. The van der Waals surface area contributed by atoms with E-state index in [4.69, 9.17) is 17.5 Å². The number of nitrogen functional groups attached to an aromatic ring is 1. The zero-order valence-electron chi connectivity index (χ0n) is 8.84. The van der Waals surface area contributed by atoms with Crippen LogP contribution in [0.15, 0.2) is 52.7 Å². The molecular formula is C11H10ClN5. The molecule has 0 aliphatic rings.